The van der Waals surface area contributed by atoms with Gasteiger partial charge in [0.25, 0.3) is 0 Å². The van der Waals surface area contributed by atoms with Gasteiger partial charge in [-0.25, -0.2) is 13.1 Å². The molecule has 2 aliphatic rings. The van der Waals surface area contributed by atoms with Crippen LogP contribution in [0.5, 0.6) is 0 Å². The molecule has 1 aromatic heterocycles. The van der Waals surface area contributed by atoms with Gasteiger partial charge in [-0.2, -0.15) is 5.10 Å². The van der Waals surface area contributed by atoms with Gasteiger partial charge in [0.15, 0.2) is 5.82 Å². The summed E-state index contributed by atoms with van der Waals surface area (Å²) >= 11 is 0. The largest absolute Gasteiger partial charge is 0.378 e. The molecule has 8 heteroatoms. The van der Waals surface area contributed by atoms with Crippen LogP contribution in [0.1, 0.15) is 43.6 Å². The van der Waals surface area contributed by atoms with Gasteiger partial charge < -0.3 is 9.64 Å². The molecule has 0 radical (unpaired) electrons. The molecule has 1 saturated heterocycles. The quantitative estimate of drug-likeness (QED) is 0.707. The minimum Gasteiger partial charge on any atom is -0.378 e. The lowest BCUT2D eigenvalue weighted by Crippen LogP contribution is -2.52. The summed E-state index contributed by atoms with van der Waals surface area (Å²) in [5.74, 6) is 1.51. The van der Waals surface area contributed by atoms with Crippen LogP contribution in [-0.2, 0) is 14.8 Å². The SMILES string of the molecule is CS(=O)(=O)N[C@H]1CCN(c2cccnn2)C[C@H]1CO[C@H]1CC[C@@H](c2ccccc2)CC1. The Balaban J connectivity index is 1.34. The summed E-state index contributed by atoms with van der Waals surface area (Å²) in [6.07, 6.45) is 8.21. The molecule has 0 spiro atoms. The second-order valence-electron chi connectivity index (χ2n) is 8.79. The molecule has 4 rings (SSSR count). The zero-order valence-electron chi connectivity index (χ0n) is 18.1. The van der Waals surface area contributed by atoms with Crippen molar-refractivity contribution in [1.82, 2.24) is 14.9 Å². The summed E-state index contributed by atoms with van der Waals surface area (Å²) in [6, 6.07) is 14.4. The number of hydrogen-bond donors (Lipinski definition) is 1. The zero-order chi connectivity index (χ0) is 21.7. The standard InChI is InChI=1S/C23H32N4O3S/c1-31(28,29)26-22-13-15-27(23-8-5-14-24-25-23)16-20(22)17-30-21-11-9-19(10-12-21)18-6-3-2-4-7-18/h2-8,14,19-22,26H,9-13,15-17H2,1H3/t19-,20-,21+,22-/m0/s1. The fourth-order valence-corrected chi connectivity index (χ4v) is 5.71. The highest BCUT2D eigenvalue weighted by Crippen LogP contribution is 2.34. The summed E-state index contributed by atoms with van der Waals surface area (Å²) < 4.78 is 32.9. The molecule has 2 heterocycles. The van der Waals surface area contributed by atoms with Gasteiger partial charge in [-0.3, -0.25) is 0 Å². The maximum Gasteiger partial charge on any atom is 0.208 e. The van der Waals surface area contributed by atoms with E-state index in [9.17, 15) is 8.42 Å². The Bertz CT molecular complexity index is 918. The number of nitrogens with one attached hydrogen (secondary N) is 1. The number of rotatable bonds is 7. The summed E-state index contributed by atoms with van der Waals surface area (Å²) in [4.78, 5) is 2.17. The van der Waals surface area contributed by atoms with Gasteiger partial charge >= 0.3 is 0 Å². The molecule has 0 bridgehead atoms. The Morgan fingerprint density at radius 3 is 2.52 bits per heavy atom. The molecular weight excluding hydrogens is 412 g/mol. The molecule has 0 unspecified atom stereocenters. The van der Waals surface area contributed by atoms with E-state index in [1.807, 2.05) is 12.1 Å². The van der Waals surface area contributed by atoms with Gasteiger partial charge in [-0.05, 0) is 55.7 Å². The van der Waals surface area contributed by atoms with E-state index in [0.717, 1.165) is 44.5 Å². The molecule has 31 heavy (non-hydrogen) atoms. The lowest BCUT2D eigenvalue weighted by molar-refractivity contribution is -0.00214. The summed E-state index contributed by atoms with van der Waals surface area (Å²) in [7, 11) is -3.27. The van der Waals surface area contributed by atoms with Crippen molar-refractivity contribution in [3.63, 3.8) is 0 Å². The molecule has 2 aromatic rings. The van der Waals surface area contributed by atoms with E-state index in [4.69, 9.17) is 4.74 Å². The van der Waals surface area contributed by atoms with Crippen molar-refractivity contribution in [2.45, 2.75) is 50.2 Å². The van der Waals surface area contributed by atoms with Gasteiger partial charge in [0.05, 0.1) is 19.0 Å². The summed E-state index contributed by atoms with van der Waals surface area (Å²) in [6.45, 7) is 1.99. The first-order valence-electron chi connectivity index (χ1n) is 11.1. The van der Waals surface area contributed by atoms with Crippen LogP contribution in [0.15, 0.2) is 48.7 Å². The van der Waals surface area contributed by atoms with Crippen molar-refractivity contribution in [2.24, 2.45) is 5.92 Å². The van der Waals surface area contributed by atoms with E-state index in [1.165, 1.54) is 11.8 Å². The second kappa shape index (κ2) is 10.1. The number of hydrogen-bond acceptors (Lipinski definition) is 6. The minimum atomic E-state index is -3.27. The fourth-order valence-electron chi connectivity index (χ4n) is 4.85. The number of piperidine rings is 1. The lowest BCUT2D eigenvalue weighted by atomic mass is 9.82. The van der Waals surface area contributed by atoms with Crippen molar-refractivity contribution < 1.29 is 13.2 Å². The number of benzene rings is 1. The molecule has 2 atom stereocenters. The van der Waals surface area contributed by atoms with Crippen molar-refractivity contribution in [1.29, 1.82) is 0 Å². The Morgan fingerprint density at radius 2 is 1.84 bits per heavy atom. The highest BCUT2D eigenvalue weighted by Gasteiger charge is 2.33. The predicted molar refractivity (Wildman–Crippen MR) is 122 cm³/mol. The van der Waals surface area contributed by atoms with Crippen molar-refractivity contribution >= 4 is 15.8 Å². The average Bonchev–Trinajstić information content (AvgIpc) is 2.79. The van der Waals surface area contributed by atoms with Gasteiger partial charge in [0.2, 0.25) is 10.0 Å². The monoisotopic (exact) mass is 444 g/mol. The van der Waals surface area contributed by atoms with Crippen LogP contribution in [0.4, 0.5) is 5.82 Å². The second-order valence-corrected chi connectivity index (χ2v) is 10.6. The average molecular weight is 445 g/mol. The van der Waals surface area contributed by atoms with E-state index in [2.05, 4.69) is 50.2 Å². The predicted octanol–water partition coefficient (Wildman–Crippen LogP) is 2.96. The van der Waals surface area contributed by atoms with E-state index in [-0.39, 0.29) is 18.1 Å². The van der Waals surface area contributed by atoms with Crippen LogP contribution in [0.3, 0.4) is 0 Å². The Labute approximate surface area is 185 Å². The van der Waals surface area contributed by atoms with Crippen LogP contribution in [-0.4, -0.2) is 56.7 Å². The first kappa shape index (κ1) is 22.2. The first-order valence-corrected chi connectivity index (χ1v) is 13.0. The zero-order valence-corrected chi connectivity index (χ0v) is 18.9. The Morgan fingerprint density at radius 1 is 1.06 bits per heavy atom. The third kappa shape index (κ3) is 6.24. The topological polar surface area (TPSA) is 84.4 Å². The molecule has 1 saturated carbocycles. The summed E-state index contributed by atoms with van der Waals surface area (Å²) in [5, 5.41) is 8.20. The molecular formula is C23H32N4O3S. The maximum atomic E-state index is 11.9. The van der Waals surface area contributed by atoms with Crippen LogP contribution in [0.2, 0.25) is 0 Å². The van der Waals surface area contributed by atoms with E-state index < -0.39 is 10.0 Å². The normalized spacial score (nSPS) is 27.2. The number of sulfonamides is 1. The highest BCUT2D eigenvalue weighted by atomic mass is 32.2. The van der Waals surface area contributed by atoms with Gasteiger partial charge in [0.1, 0.15) is 0 Å². The highest BCUT2D eigenvalue weighted by molar-refractivity contribution is 7.88. The number of aromatic nitrogens is 2. The van der Waals surface area contributed by atoms with Gasteiger partial charge in [-0.1, -0.05) is 30.3 Å². The van der Waals surface area contributed by atoms with Crippen molar-refractivity contribution in [2.75, 3.05) is 30.9 Å². The number of ether oxygens (including phenoxy) is 1. The van der Waals surface area contributed by atoms with Gasteiger partial charge in [-0.15, -0.1) is 5.10 Å². The lowest BCUT2D eigenvalue weighted by Gasteiger charge is -2.39. The molecule has 1 aliphatic carbocycles. The fraction of sp³-hybridized carbons (Fsp3) is 0.565. The van der Waals surface area contributed by atoms with Crippen LogP contribution in [0.25, 0.3) is 0 Å². The van der Waals surface area contributed by atoms with E-state index in [1.54, 1.807) is 6.20 Å². The molecule has 2 fully saturated rings. The van der Waals surface area contributed by atoms with Gasteiger partial charge in [0, 0.05) is 31.2 Å². The van der Waals surface area contributed by atoms with E-state index in [0.29, 0.717) is 19.1 Å². The Hall–Kier alpha value is -2.03. The Kier molecular flexibility index (Phi) is 7.20. The molecule has 0 amide bonds. The summed E-state index contributed by atoms with van der Waals surface area (Å²) in [5.41, 5.74) is 1.42. The molecule has 1 aromatic carbocycles. The molecule has 1 N–H and O–H groups in total. The third-order valence-electron chi connectivity index (χ3n) is 6.47. The van der Waals surface area contributed by atoms with Crippen molar-refractivity contribution in [3.8, 4) is 0 Å². The maximum absolute atomic E-state index is 11.9. The minimum absolute atomic E-state index is 0.0670. The molecule has 7 nitrogen and oxygen atoms in total. The number of nitrogens with zero attached hydrogens (tertiary/aromatic N) is 3. The smallest absolute Gasteiger partial charge is 0.208 e. The van der Waals surface area contributed by atoms with Crippen LogP contribution >= 0.6 is 0 Å². The van der Waals surface area contributed by atoms with E-state index >= 15 is 0 Å². The van der Waals surface area contributed by atoms with Crippen LogP contribution in [0, 0.1) is 5.92 Å². The van der Waals surface area contributed by atoms with Crippen LogP contribution < -0.4 is 9.62 Å². The molecule has 1 aliphatic heterocycles. The number of anilines is 1. The first-order chi connectivity index (χ1) is 15.0. The molecule has 168 valence electrons. The van der Waals surface area contributed by atoms with Crippen molar-refractivity contribution in [3.05, 3.63) is 54.2 Å². The third-order valence-corrected chi connectivity index (χ3v) is 7.20.